The van der Waals surface area contributed by atoms with Gasteiger partial charge in [-0.1, -0.05) is 103 Å². The molecule has 0 heterocycles. The SMILES string of the molecule is CC(=O)O.CCCCCCCCCCCCCCCCCCNC(O)(O)C(O)(O)O. The molecule has 0 amide bonds. The van der Waals surface area contributed by atoms with Crippen molar-refractivity contribution < 1.29 is 35.4 Å². The van der Waals surface area contributed by atoms with E-state index >= 15 is 0 Å². The van der Waals surface area contributed by atoms with E-state index in [2.05, 4.69) is 12.2 Å². The number of hydrogen-bond donors (Lipinski definition) is 7. The summed E-state index contributed by atoms with van der Waals surface area (Å²) in [4.78, 5) is 9.00. The largest absolute Gasteiger partial charge is 0.481 e. The molecule has 0 rings (SSSR count). The fraction of sp³-hybridized carbons (Fsp3) is 0.955. The number of rotatable bonds is 19. The van der Waals surface area contributed by atoms with E-state index < -0.39 is 17.9 Å². The van der Waals surface area contributed by atoms with Crippen LogP contribution in [0.15, 0.2) is 0 Å². The minimum Gasteiger partial charge on any atom is -0.481 e. The summed E-state index contributed by atoms with van der Waals surface area (Å²) in [7, 11) is 0. The van der Waals surface area contributed by atoms with Gasteiger partial charge in [0.25, 0.3) is 5.97 Å². The molecule has 7 N–H and O–H groups in total. The molecule has 0 aromatic rings. The second kappa shape index (κ2) is 20.2. The van der Waals surface area contributed by atoms with Gasteiger partial charge in [0.1, 0.15) is 0 Å². The third kappa shape index (κ3) is 23.5. The third-order valence-electron chi connectivity index (χ3n) is 4.87. The molecule has 30 heavy (non-hydrogen) atoms. The molecule has 0 unspecified atom stereocenters. The van der Waals surface area contributed by atoms with Crippen LogP contribution < -0.4 is 5.32 Å². The zero-order chi connectivity index (χ0) is 23.3. The molecule has 0 aliphatic rings. The van der Waals surface area contributed by atoms with Gasteiger partial charge in [0.2, 0.25) is 0 Å². The lowest BCUT2D eigenvalue weighted by atomic mass is 10.0. The lowest BCUT2D eigenvalue weighted by Gasteiger charge is -2.30. The van der Waals surface area contributed by atoms with Crippen LogP contribution in [-0.2, 0) is 4.79 Å². The zero-order valence-electron chi connectivity index (χ0n) is 19.1. The smallest absolute Gasteiger partial charge is 0.348 e. The van der Waals surface area contributed by atoms with Gasteiger partial charge in [-0.15, -0.1) is 0 Å². The molecular weight excluding hydrogens is 390 g/mol. The van der Waals surface area contributed by atoms with Crippen molar-refractivity contribution in [3.63, 3.8) is 0 Å². The normalized spacial score (nSPS) is 11.8. The van der Waals surface area contributed by atoms with Crippen LogP contribution in [-0.4, -0.2) is 55.0 Å². The Hall–Kier alpha value is -0.770. The number of unbranched alkanes of at least 4 members (excludes halogenated alkanes) is 15. The Bertz CT molecular complexity index is 380. The average molecular weight is 438 g/mol. The van der Waals surface area contributed by atoms with E-state index in [1.165, 1.54) is 83.5 Å². The van der Waals surface area contributed by atoms with Gasteiger partial charge in [-0.3, -0.25) is 10.1 Å². The molecular formula is C22H47NO7. The van der Waals surface area contributed by atoms with Gasteiger partial charge in [-0.25, -0.2) is 0 Å². The molecule has 0 radical (unpaired) electrons. The highest BCUT2D eigenvalue weighted by Gasteiger charge is 2.46. The summed E-state index contributed by atoms with van der Waals surface area (Å²) < 4.78 is 0. The molecule has 0 aliphatic carbocycles. The lowest BCUT2D eigenvalue weighted by molar-refractivity contribution is -0.455. The maximum atomic E-state index is 9.17. The van der Waals surface area contributed by atoms with Crippen LogP contribution in [0.3, 0.4) is 0 Å². The van der Waals surface area contributed by atoms with Crippen molar-refractivity contribution >= 4 is 5.97 Å². The predicted molar refractivity (Wildman–Crippen MR) is 117 cm³/mol. The summed E-state index contributed by atoms with van der Waals surface area (Å²) in [6.07, 6.45) is 20.1. The molecule has 0 saturated carbocycles. The van der Waals surface area contributed by atoms with E-state index in [4.69, 9.17) is 25.2 Å². The highest BCUT2D eigenvalue weighted by Crippen LogP contribution is 2.14. The highest BCUT2D eigenvalue weighted by molar-refractivity contribution is 5.62. The molecule has 0 aliphatic heterocycles. The van der Waals surface area contributed by atoms with Gasteiger partial charge in [-0.2, -0.15) is 0 Å². The van der Waals surface area contributed by atoms with Crippen LogP contribution in [0.1, 0.15) is 117 Å². The Morgan fingerprint density at radius 1 is 0.633 bits per heavy atom. The minimum absolute atomic E-state index is 0.189. The fourth-order valence-corrected chi connectivity index (χ4v) is 3.05. The van der Waals surface area contributed by atoms with Gasteiger partial charge in [0.05, 0.1) is 0 Å². The monoisotopic (exact) mass is 437 g/mol. The molecule has 0 spiro atoms. The molecule has 0 saturated heterocycles. The van der Waals surface area contributed by atoms with Gasteiger partial charge in [0, 0.05) is 13.5 Å². The quantitative estimate of drug-likeness (QED) is 0.120. The predicted octanol–water partition coefficient (Wildman–Crippen LogP) is 3.20. The van der Waals surface area contributed by atoms with E-state index in [1.807, 2.05) is 0 Å². The van der Waals surface area contributed by atoms with Crippen LogP contribution in [0.2, 0.25) is 0 Å². The van der Waals surface area contributed by atoms with Crippen molar-refractivity contribution in [1.29, 1.82) is 0 Å². The van der Waals surface area contributed by atoms with Crippen LogP contribution in [0.4, 0.5) is 0 Å². The van der Waals surface area contributed by atoms with E-state index in [-0.39, 0.29) is 6.54 Å². The zero-order valence-corrected chi connectivity index (χ0v) is 19.1. The number of hydrogen-bond acceptors (Lipinski definition) is 7. The first kappa shape index (κ1) is 31.4. The number of aliphatic hydroxyl groups is 5. The number of carboxylic acids is 1. The first-order valence-corrected chi connectivity index (χ1v) is 11.6. The molecule has 0 aromatic carbocycles. The number of aliphatic carboxylic acids is 1. The first-order chi connectivity index (χ1) is 14.0. The highest BCUT2D eigenvalue weighted by atomic mass is 16.7. The summed E-state index contributed by atoms with van der Waals surface area (Å²) >= 11 is 0. The van der Waals surface area contributed by atoms with Crippen LogP contribution >= 0.6 is 0 Å². The van der Waals surface area contributed by atoms with Crippen molar-refractivity contribution in [3.8, 4) is 0 Å². The summed E-state index contributed by atoms with van der Waals surface area (Å²) in [5.74, 6) is -7.51. The summed E-state index contributed by atoms with van der Waals surface area (Å²) in [6.45, 7) is 3.53. The summed E-state index contributed by atoms with van der Waals surface area (Å²) in [5, 5.41) is 54.1. The molecule has 0 aromatic heterocycles. The Morgan fingerprint density at radius 2 is 0.900 bits per heavy atom. The van der Waals surface area contributed by atoms with Crippen molar-refractivity contribution in [2.75, 3.05) is 6.54 Å². The number of carboxylic acid groups (broad SMARTS) is 1. The Morgan fingerprint density at radius 3 is 1.17 bits per heavy atom. The van der Waals surface area contributed by atoms with E-state index in [9.17, 15) is 10.2 Å². The topological polar surface area (TPSA) is 150 Å². The minimum atomic E-state index is -3.57. The fourth-order valence-electron chi connectivity index (χ4n) is 3.05. The van der Waals surface area contributed by atoms with Crippen molar-refractivity contribution in [1.82, 2.24) is 5.32 Å². The van der Waals surface area contributed by atoms with Gasteiger partial charge in [0.15, 0.2) is 0 Å². The van der Waals surface area contributed by atoms with Crippen molar-refractivity contribution in [2.45, 2.75) is 128 Å². The van der Waals surface area contributed by atoms with Gasteiger partial charge >= 0.3 is 11.9 Å². The maximum absolute atomic E-state index is 9.17. The number of carbonyl (C=O) groups is 1. The molecule has 0 fully saturated rings. The molecule has 182 valence electrons. The van der Waals surface area contributed by atoms with Gasteiger partial charge in [-0.05, 0) is 6.42 Å². The van der Waals surface area contributed by atoms with Crippen LogP contribution in [0, 0.1) is 0 Å². The maximum Gasteiger partial charge on any atom is 0.348 e. The van der Waals surface area contributed by atoms with Crippen molar-refractivity contribution in [3.05, 3.63) is 0 Å². The Labute approximate surface area is 182 Å². The first-order valence-electron chi connectivity index (χ1n) is 11.6. The third-order valence-corrected chi connectivity index (χ3v) is 4.87. The van der Waals surface area contributed by atoms with E-state index in [0.29, 0.717) is 6.42 Å². The van der Waals surface area contributed by atoms with Crippen molar-refractivity contribution in [2.24, 2.45) is 0 Å². The summed E-state index contributed by atoms with van der Waals surface area (Å²) in [6, 6.07) is 0. The second-order valence-electron chi connectivity index (χ2n) is 8.06. The molecule has 0 bridgehead atoms. The molecule has 8 nitrogen and oxygen atoms in total. The number of nitrogens with one attached hydrogen (secondary N) is 1. The lowest BCUT2D eigenvalue weighted by Crippen LogP contribution is -2.63. The second-order valence-corrected chi connectivity index (χ2v) is 8.06. The van der Waals surface area contributed by atoms with E-state index in [0.717, 1.165) is 19.8 Å². The Kier molecular flexibility index (Phi) is 21.1. The summed E-state index contributed by atoms with van der Waals surface area (Å²) in [5.41, 5.74) is 0. The van der Waals surface area contributed by atoms with Crippen LogP contribution in [0.25, 0.3) is 0 Å². The van der Waals surface area contributed by atoms with Crippen LogP contribution in [0.5, 0.6) is 0 Å². The average Bonchev–Trinajstić information content (AvgIpc) is 2.63. The Balaban J connectivity index is 0. The standard InChI is InChI=1S/C20H43NO5.C2H4O2/c1-2-3-4-5-6-7-8-9-10-11-12-13-14-15-16-17-18-21-19(22,23)20(24,25)26;1-2(3)4/h21-26H,2-18H2,1H3;1H3,(H,3,4). The molecule has 8 heteroatoms. The van der Waals surface area contributed by atoms with Gasteiger partial charge < -0.3 is 30.6 Å². The molecule has 0 atom stereocenters. The van der Waals surface area contributed by atoms with E-state index in [1.54, 1.807) is 0 Å².